The molecule has 1 fully saturated rings. The molecule has 3 rings (SSSR count). The number of oxazole rings is 1. The van der Waals surface area contributed by atoms with Crippen LogP contribution in [0.5, 0.6) is 0 Å². The minimum Gasteiger partial charge on any atom is -0.430 e. The van der Waals surface area contributed by atoms with Gasteiger partial charge >= 0.3 is 0 Å². The number of nitro benzene ring substituents is 1. The van der Waals surface area contributed by atoms with Gasteiger partial charge in [0.25, 0.3) is 10.9 Å². The van der Waals surface area contributed by atoms with Crippen LogP contribution in [0.4, 0.5) is 5.69 Å². The third-order valence-corrected chi connectivity index (χ3v) is 4.58. The van der Waals surface area contributed by atoms with E-state index in [1.165, 1.54) is 18.2 Å². The topological polar surface area (TPSA) is 98.3 Å². The number of nitrogens with one attached hydrogen (secondary N) is 1. The Balaban J connectivity index is 1.96. The van der Waals surface area contributed by atoms with Gasteiger partial charge in [0.05, 0.1) is 10.2 Å². The Bertz CT molecular complexity index is 663. The van der Waals surface area contributed by atoms with E-state index < -0.39 is 15.7 Å². The van der Waals surface area contributed by atoms with Crippen molar-refractivity contribution in [1.82, 2.24) is 10.3 Å². The van der Waals surface area contributed by atoms with Gasteiger partial charge in [-0.3, -0.25) is 10.1 Å². The first-order valence-electron chi connectivity index (χ1n) is 5.81. The highest BCUT2D eigenvalue weighted by Gasteiger charge is 2.26. The summed E-state index contributed by atoms with van der Waals surface area (Å²) >= 11 is 0. The Morgan fingerprint density at radius 3 is 3.05 bits per heavy atom. The summed E-state index contributed by atoms with van der Waals surface area (Å²) in [6.45, 7) is 1.51. The summed E-state index contributed by atoms with van der Waals surface area (Å²) in [7, 11) is -1.32. The van der Waals surface area contributed by atoms with E-state index in [9.17, 15) is 14.3 Å². The van der Waals surface area contributed by atoms with Crippen molar-refractivity contribution in [2.24, 2.45) is 0 Å². The van der Waals surface area contributed by atoms with E-state index >= 15 is 0 Å². The van der Waals surface area contributed by atoms with Crippen molar-refractivity contribution in [3.63, 3.8) is 0 Å². The predicted molar refractivity (Wildman–Crippen MR) is 68.3 cm³/mol. The molecule has 19 heavy (non-hydrogen) atoms. The number of rotatable bonds is 3. The van der Waals surface area contributed by atoms with E-state index in [1.807, 2.05) is 0 Å². The van der Waals surface area contributed by atoms with Gasteiger partial charge in [0.15, 0.2) is 5.58 Å². The minimum atomic E-state index is -1.32. The second-order valence-electron chi connectivity index (χ2n) is 4.30. The van der Waals surface area contributed by atoms with Crippen LogP contribution in [0.25, 0.3) is 11.1 Å². The van der Waals surface area contributed by atoms with Gasteiger partial charge in [-0.05, 0) is 19.0 Å². The van der Waals surface area contributed by atoms with Crippen molar-refractivity contribution in [2.75, 3.05) is 13.1 Å². The number of nitro groups is 1. The van der Waals surface area contributed by atoms with Crippen LogP contribution in [0.1, 0.15) is 6.42 Å². The van der Waals surface area contributed by atoms with Gasteiger partial charge in [-0.25, -0.2) is 9.19 Å². The molecule has 0 bridgehead atoms. The molecule has 0 amide bonds. The van der Waals surface area contributed by atoms with E-state index in [-0.39, 0.29) is 16.2 Å². The number of aromatic nitrogens is 1. The molecule has 2 heterocycles. The van der Waals surface area contributed by atoms with Crippen molar-refractivity contribution in [3.8, 4) is 0 Å². The molecule has 2 aromatic rings. The maximum absolute atomic E-state index is 12.2. The Kier molecular flexibility index (Phi) is 3.03. The quantitative estimate of drug-likeness (QED) is 0.670. The van der Waals surface area contributed by atoms with E-state index in [0.717, 1.165) is 13.0 Å². The molecule has 0 saturated carbocycles. The summed E-state index contributed by atoms with van der Waals surface area (Å²) in [5.41, 5.74) is 0.726. The number of hydrogen-bond donors (Lipinski definition) is 1. The van der Waals surface area contributed by atoms with Crippen molar-refractivity contribution >= 4 is 27.6 Å². The van der Waals surface area contributed by atoms with Gasteiger partial charge in [-0.2, -0.15) is 0 Å². The fraction of sp³-hybridized carbons (Fsp3) is 0.364. The molecule has 0 spiro atoms. The SMILES string of the molecule is O=[N+]([O-])c1ccc2oc([S@](=O)[C@H]3CCNC3)nc2c1. The van der Waals surface area contributed by atoms with Crippen molar-refractivity contribution < 1.29 is 13.5 Å². The summed E-state index contributed by atoms with van der Waals surface area (Å²) in [5, 5.41) is 13.9. The van der Waals surface area contributed by atoms with Crippen LogP contribution in [0.15, 0.2) is 27.8 Å². The van der Waals surface area contributed by atoms with Crippen LogP contribution in [-0.2, 0) is 10.8 Å². The average Bonchev–Trinajstić information content (AvgIpc) is 3.06. The zero-order chi connectivity index (χ0) is 13.4. The zero-order valence-electron chi connectivity index (χ0n) is 9.87. The lowest BCUT2D eigenvalue weighted by molar-refractivity contribution is -0.384. The molecule has 7 nitrogen and oxygen atoms in total. The van der Waals surface area contributed by atoms with Crippen molar-refractivity contribution in [1.29, 1.82) is 0 Å². The van der Waals surface area contributed by atoms with Crippen LogP contribution in [-0.4, -0.2) is 32.5 Å². The molecule has 100 valence electrons. The van der Waals surface area contributed by atoms with Gasteiger partial charge < -0.3 is 9.73 Å². The molecule has 0 unspecified atom stereocenters. The first-order chi connectivity index (χ1) is 9.15. The van der Waals surface area contributed by atoms with Crippen molar-refractivity contribution in [3.05, 3.63) is 28.3 Å². The highest BCUT2D eigenvalue weighted by molar-refractivity contribution is 7.85. The lowest BCUT2D eigenvalue weighted by atomic mass is 10.3. The van der Waals surface area contributed by atoms with Crippen LogP contribution in [0, 0.1) is 10.1 Å². The molecular formula is C11H11N3O4S. The fourth-order valence-corrected chi connectivity index (χ4v) is 3.29. The smallest absolute Gasteiger partial charge is 0.288 e. The van der Waals surface area contributed by atoms with Gasteiger partial charge in [0.2, 0.25) is 0 Å². The Labute approximate surface area is 110 Å². The molecule has 0 aliphatic carbocycles. The molecule has 1 aromatic carbocycles. The molecule has 0 radical (unpaired) electrons. The van der Waals surface area contributed by atoms with Crippen LogP contribution in [0.2, 0.25) is 0 Å². The zero-order valence-corrected chi connectivity index (χ0v) is 10.7. The highest BCUT2D eigenvalue weighted by Crippen LogP contribution is 2.24. The summed E-state index contributed by atoms with van der Waals surface area (Å²) in [6.07, 6.45) is 0.811. The molecule has 8 heteroatoms. The second kappa shape index (κ2) is 4.71. The summed E-state index contributed by atoms with van der Waals surface area (Å²) in [5.74, 6) is 0. The summed E-state index contributed by atoms with van der Waals surface area (Å²) in [6, 6.07) is 4.15. The lowest BCUT2D eigenvalue weighted by Gasteiger charge is -2.02. The fourth-order valence-electron chi connectivity index (χ4n) is 2.05. The van der Waals surface area contributed by atoms with E-state index in [2.05, 4.69) is 10.3 Å². The van der Waals surface area contributed by atoms with Gasteiger partial charge in [-0.1, -0.05) is 0 Å². The lowest BCUT2D eigenvalue weighted by Crippen LogP contribution is -2.18. The first kappa shape index (κ1) is 12.2. The molecular weight excluding hydrogens is 270 g/mol. The maximum Gasteiger partial charge on any atom is 0.288 e. The Morgan fingerprint density at radius 1 is 1.53 bits per heavy atom. The average molecular weight is 281 g/mol. The summed E-state index contributed by atoms with van der Waals surface area (Å²) in [4.78, 5) is 14.3. The van der Waals surface area contributed by atoms with Crippen molar-refractivity contribution in [2.45, 2.75) is 16.9 Å². The molecule has 1 saturated heterocycles. The van der Waals surface area contributed by atoms with Gasteiger partial charge in [-0.15, -0.1) is 0 Å². The van der Waals surface area contributed by atoms with Crippen LogP contribution < -0.4 is 5.32 Å². The number of non-ortho nitro benzene ring substituents is 1. The minimum absolute atomic E-state index is 0.0111. The monoisotopic (exact) mass is 281 g/mol. The standard InChI is InChI=1S/C11H11N3O4S/c15-14(16)7-1-2-10-9(5-7)13-11(18-10)19(17)8-3-4-12-6-8/h1-2,5,8,12H,3-4,6H2/t8-,19+/m0/s1. The number of nitrogens with zero attached hydrogens (tertiary/aromatic N) is 2. The molecule has 1 aliphatic rings. The van der Waals surface area contributed by atoms with Gasteiger partial charge in [0, 0.05) is 18.7 Å². The summed E-state index contributed by atoms with van der Waals surface area (Å²) < 4.78 is 17.6. The maximum atomic E-state index is 12.2. The first-order valence-corrected chi connectivity index (χ1v) is 7.03. The second-order valence-corrected chi connectivity index (χ2v) is 5.91. The number of fused-ring (bicyclic) bond motifs is 1. The third-order valence-electron chi connectivity index (χ3n) is 3.05. The van der Waals surface area contributed by atoms with Crippen LogP contribution in [0.3, 0.4) is 0 Å². The molecule has 1 N–H and O–H groups in total. The van der Waals surface area contributed by atoms with E-state index in [1.54, 1.807) is 0 Å². The number of benzene rings is 1. The number of hydrogen-bond acceptors (Lipinski definition) is 6. The van der Waals surface area contributed by atoms with Crippen LogP contribution >= 0.6 is 0 Å². The predicted octanol–water partition coefficient (Wildman–Crippen LogP) is 1.21. The normalized spacial score (nSPS) is 20.7. The Hall–Kier alpha value is -1.80. The largest absolute Gasteiger partial charge is 0.430 e. The molecule has 1 aliphatic heterocycles. The van der Waals surface area contributed by atoms with Gasteiger partial charge in [0.1, 0.15) is 16.3 Å². The molecule has 1 aromatic heterocycles. The molecule has 2 atom stereocenters. The Morgan fingerprint density at radius 2 is 2.37 bits per heavy atom. The van der Waals surface area contributed by atoms with E-state index in [0.29, 0.717) is 17.6 Å². The third kappa shape index (κ3) is 2.24. The van der Waals surface area contributed by atoms with E-state index in [4.69, 9.17) is 4.42 Å². The highest BCUT2D eigenvalue weighted by atomic mass is 32.2.